The molecule has 0 fully saturated rings. The third-order valence-corrected chi connectivity index (χ3v) is 4.88. The van der Waals surface area contributed by atoms with E-state index in [0.717, 1.165) is 6.42 Å². The molecule has 4 heteroatoms. The Balaban J connectivity index is 1.57. The van der Waals surface area contributed by atoms with Gasteiger partial charge in [0.05, 0.1) is 5.60 Å². The van der Waals surface area contributed by atoms with Crippen LogP contribution in [0.25, 0.3) is 11.1 Å². The summed E-state index contributed by atoms with van der Waals surface area (Å²) in [6, 6.07) is 16.7. The Labute approximate surface area is 155 Å². The van der Waals surface area contributed by atoms with Gasteiger partial charge in [-0.3, -0.25) is 0 Å². The van der Waals surface area contributed by atoms with Crippen LogP contribution in [0, 0.1) is 0 Å². The highest BCUT2D eigenvalue weighted by Gasteiger charge is 2.29. The summed E-state index contributed by atoms with van der Waals surface area (Å²) in [7, 11) is 0. The fourth-order valence-corrected chi connectivity index (χ4v) is 3.58. The highest BCUT2D eigenvalue weighted by molar-refractivity contribution is 5.79. The van der Waals surface area contributed by atoms with Crippen LogP contribution < -0.4 is 5.32 Å². The number of carbonyl (C=O) groups is 1. The Morgan fingerprint density at radius 2 is 1.62 bits per heavy atom. The molecule has 0 unspecified atom stereocenters. The van der Waals surface area contributed by atoms with Crippen LogP contribution in [0.5, 0.6) is 0 Å². The molecule has 0 bridgehead atoms. The fourth-order valence-electron chi connectivity index (χ4n) is 3.58. The fraction of sp³-hybridized carbons (Fsp3) is 0.409. The summed E-state index contributed by atoms with van der Waals surface area (Å²) in [5.41, 5.74) is 4.66. The molecule has 0 spiro atoms. The van der Waals surface area contributed by atoms with E-state index in [1.807, 2.05) is 45.0 Å². The van der Waals surface area contributed by atoms with E-state index in [0.29, 0.717) is 19.8 Å². The molecule has 2 aromatic rings. The molecule has 1 amide bonds. The molecular weight excluding hydrogens is 326 g/mol. The van der Waals surface area contributed by atoms with Crippen molar-refractivity contribution >= 4 is 6.09 Å². The number of rotatable bonds is 7. The Morgan fingerprint density at radius 1 is 1.04 bits per heavy atom. The van der Waals surface area contributed by atoms with Crippen LogP contribution in [0.2, 0.25) is 0 Å². The second-order valence-corrected chi connectivity index (χ2v) is 7.20. The summed E-state index contributed by atoms with van der Waals surface area (Å²) in [6.45, 7) is 7.56. The van der Waals surface area contributed by atoms with Crippen molar-refractivity contribution in [2.75, 3.05) is 19.8 Å². The summed E-state index contributed by atoms with van der Waals surface area (Å²) in [5.74, 6) is 0.0908. The van der Waals surface area contributed by atoms with Gasteiger partial charge in [-0.25, -0.2) is 4.79 Å². The standard InChI is InChI=1S/C22H27NO3/c1-4-26-22(2,3)13-14-23-21(24)25-15-20-18-11-7-5-9-16(18)17-10-6-8-12-19(17)20/h5-12,20H,4,13-15H2,1-3H3,(H,23,24). The number of hydrogen-bond donors (Lipinski definition) is 1. The van der Waals surface area contributed by atoms with Gasteiger partial charge >= 0.3 is 6.09 Å². The zero-order valence-electron chi connectivity index (χ0n) is 15.7. The van der Waals surface area contributed by atoms with Crippen LogP contribution in [0.3, 0.4) is 0 Å². The van der Waals surface area contributed by atoms with E-state index in [4.69, 9.17) is 9.47 Å². The molecule has 0 aromatic heterocycles. The van der Waals surface area contributed by atoms with Crippen LogP contribution in [-0.4, -0.2) is 31.5 Å². The maximum atomic E-state index is 12.1. The minimum atomic E-state index is -0.376. The lowest BCUT2D eigenvalue weighted by atomic mass is 9.98. The minimum absolute atomic E-state index is 0.0908. The molecule has 2 aromatic carbocycles. The minimum Gasteiger partial charge on any atom is -0.449 e. The molecule has 0 saturated carbocycles. The van der Waals surface area contributed by atoms with Gasteiger partial charge in [-0.2, -0.15) is 0 Å². The van der Waals surface area contributed by atoms with Crippen molar-refractivity contribution in [2.24, 2.45) is 0 Å². The third kappa shape index (κ3) is 4.07. The largest absolute Gasteiger partial charge is 0.449 e. The van der Waals surface area contributed by atoms with Crippen molar-refractivity contribution in [1.29, 1.82) is 0 Å². The van der Waals surface area contributed by atoms with E-state index in [1.54, 1.807) is 0 Å². The van der Waals surface area contributed by atoms with Crippen molar-refractivity contribution in [3.8, 4) is 11.1 Å². The van der Waals surface area contributed by atoms with E-state index < -0.39 is 0 Å². The molecule has 26 heavy (non-hydrogen) atoms. The maximum Gasteiger partial charge on any atom is 0.407 e. The van der Waals surface area contributed by atoms with Gasteiger partial charge in [-0.15, -0.1) is 0 Å². The molecule has 0 heterocycles. The zero-order valence-corrected chi connectivity index (χ0v) is 15.7. The van der Waals surface area contributed by atoms with Crippen LogP contribution in [0.4, 0.5) is 4.79 Å². The zero-order chi connectivity index (χ0) is 18.6. The van der Waals surface area contributed by atoms with Gasteiger partial charge in [0.15, 0.2) is 0 Å². The van der Waals surface area contributed by atoms with Crippen LogP contribution in [0.1, 0.15) is 44.2 Å². The molecule has 138 valence electrons. The molecule has 1 N–H and O–H groups in total. The first-order valence-corrected chi connectivity index (χ1v) is 9.24. The number of benzene rings is 2. The van der Waals surface area contributed by atoms with Gasteiger partial charge in [0.25, 0.3) is 0 Å². The lowest BCUT2D eigenvalue weighted by Gasteiger charge is -2.24. The average Bonchev–Trinajstić information content (AvgIpc) is 2.94. The van der Waals surface area contributed by atoms with E-state index in [2.05, 4.69) is 29.6 Å². The van der Waals surface area contributed by atoms with Crippen molar-refractivity contribution < 1.29 is 14.3 Å². The highest BCUT2D eigenvalue weighted by Crippen LogP contribution is 2.44. The summed E-state index contributed by atoms with van der Waals surface area (Å²) >= 11 is 0. The molecule has 1 aliphatic carbocycles. The molecular formula is C22H27NO3. The van der Waals surface area contributed by atoms with E-state index in [1.165, 1.54) is 22.3 Å². The summed E-state index contributed by atoms with van der Waals surface area (Å²) in [6.07, 6.45) is 0.365. The van der Waals surface area contributed by atoms with Gasteiger partial charge in [0, 0.05) is 19.1 Å². The van der Waals surface area contributed by atoms with Crippen molar-refractivity contribution in [2.45, 2.75) is 38.7 Å². The normalized spacial score (nSPS) is 13.2. The Hall–Kier alpha value is -2.33. The van der Waals surface area contributed by atoms with Crippen LogP contribution in [0.15, 0.2) is 48.5 Å². The number of amides is 1. The number of carbonyl (C=O) groups excluding carboxylic acids is 1. The molecule has 0 atom stereocenters. The van der Waals surface area contributed by atoms with Crippen LogP contribution >= 0.6 is 0 Å². The molecule has 0 radical (unpaired) electrons. The second-order valence-electron chi connectivity index (χ2n) is 7.20. The smallest absolute Gasteiger partial charge is 0.407 e. The first kappa shape index (κ1) is 18.5. The quantitative estimate of drug-likeness (QED) is 0.783. The number of alkyl carbamates (subject to hydrolysis) is 1. The van der Waals surface area contributed by atoms with Gasteiger partial charge in [0.2, 0.25) is 0 Å². The topological polar surface area (TPSA) is 47.6 Å². The lowest BCUT2D eigenvalue weighted by Crippen LogP contribution is -2.33. The average molecular weight is 353 g/mol. The van der Waals surface area contributed by atoms with Gasteiger partial charge in [-0.1, -0.05) is 48.5 Å². The van der Waals surface area contributed by atoms with Crippen molar-refractivity contribution in [3.63, 3.8) is 0 Å². The second kappa shape index (κ2) is 7.92. The SMILES string of the molecule is CCOC(C)(C)CCNC(=O)OCC1c2ccccc2-c2ccccc21. The van der Waals surface area contributed by atoms with Gasteiger partial charge in [0.1, 0.15) is 6.61 Å². The Morgan fingerprint density at radius 3 is 2.19 bits per heavy atom. The lowest BCUT2D eigenvalue weighted by molar-refractivity contribution is -0.0155. The molecule has 3 rings (SSSR count). The van der Waals surface area contributed by atoms with E-state index >= 15 is 0 Å². The molecule has 0 aliphatic heterocycles. The first-order chi connectivity index (χ1) is 12.5. The van der Waals surface area contributed by atoms with E-state index in [9.17, 15) is 4.79 Å². The first-order valence-electron chi connectivity index (χ1n) is 9.24. The predicted molar refractivity (Wildman–Crippen MR) is 103 cm³/mol. The maximum absolute atomic E-state index is 12.1. The van der Waals surface area contributed by atoms with Crippen molar-refractivity contribution in [3.05, 3.63) is 59.7 Å². The van der Waals surface area contributed by atoms with Gasteiger partial charge in [-0.05, 0) is 49.4 Å². The van der Waals surface area contributed by atoms with Gasteiger partial charge < -0.3 is 14.8 Å². The van der Waals surface area contributed by atoms with Crippen molar-refractivity contribution in [1.82, 2.24) is 5.32 Å². The van der Waals surface area contributed by atoms with E-state index in [-0.39, 0.29) is 17.6 Å². The summed E-state index contributed by atoms with van der Waals surface area (Å²) in [5, 5.41) is 2.83. The Bertz CT molecular complexity index is 724. The third-order valence-electron chi connectivity index (χ3n) is 4.88. The molecule has 0 saturated heterocycles. The predicted octanol–water partition coefficient (Wildman–Crippen LogP) is 4.73. The summed E-state index contributed by atoms with van der Waals surface area (Å²) < 4.78 is 11.2. The highest BCUT2D eigenvalue weighted by atomic mass is 16.5. The molecule has 1 aliphatic rings. The van der Waals surface area contributed by atoms with Crippen LogP contribution in [-0.2, 0) is 9.47 Å². The Kier molecular flexibility index (Phi) is 5.62. The monoisotopic (exact) mass is 353 g/mol. The number of nitrogens with one attached hydrogen (secondary N) is 1. The number of ether oxygens (including phenoxy) is 2. The number of fused-ring (bicyclic) bond motifs is 3. The number of hydrogen-bond acceptors (Lipinski definition) is 3. The molecule has 4 nitrogen and oxygen atoms in total. The summed E-state index contributed by atoms with van der Waals surface area (Å²) in [4.78, 5) is 12.1.